The number of amides is 1. The van der Waals surface area contributed by atoms with Gasteiger partial charge in [-0.05, 0) is 44.2 Å². The number of nitrogens with one attached hydrogen (secondary N) is 1. The van der Waals surface area contributed by atoms with Crippen LogP contribution in [0.2, 0.25) is 0 Å². The third-order valence-corrected chi connectivity index (χ3v) is 5.05. The number of unbranched alkanes of at least 4 members (excludes halogenated alkanes) is 11. The molecule has 1 rings (SSSR count). The van der Waals surface area contributed by atoms with Gasteiger partial charge in [-0.2, -0.15) is 0 Å². The van der Waals surface area contributed by atoms with E-state index in [1.165, 1.54) is 70.6 Å². The van der Waals surface area contributed by atoms with Crippen molar-refractivity contribution in [2.45, 2.75) is 96.8 Å². The quantitative estimate of drug-likeness (QED) is 0.166. The van der Waals surface area contributed by atoms with Gasteiger partial charge in [0.05, 0.1) is 12.8 Å². The predicted octanol–water partition coefficient (Wildman–Crippen LogP) is 7.29. The second-order valence-electron chi connectivity index (χ2n) is 7.58. The van der Waals surface area contributed by atoms with Gasteiger partial charge in [0.25, 0.3) is 0 Å². The van der Waals surface area contributed by atoms with E-state index in [-0.39, 0.29) is 35.5 Å². The van der Waals surface area contributed by atoms with E-state index in [0.29, 0.717) is 12.2 Å². The zero-order valence-corrected chi connectivity index (χ0v) is 21.2. The third-order valence-electron chi connectivity index (χ3n) is 5.05. The van der Waals surface area contributed by atoms with E-state index >= 15 is 0 Å². The van der Waals surface area contributed by atoms with Crippen LogP contribution in [0.5, 0.6) is 5.75 Å². The molecule has 1 radical (unpaired) electrons. The maximum Gasteiger partial charge on any atom is 0.224 e. The van der Waals surface area contributed by atoms with Crippen LogP contribution in [0.25, 0.3) is 0 Å². The van der Waals surface area contributed by atoms with Crippen molar-refractivity contribution in [3.63, 3.8) is 0 Å². The maximum atomic E-state index is 12.0. The first-order chi connectivity index (χ1) is 13.8. The molecule has 0 aliphatic carbocycles. The van der Waals surface area contributed by atoms with Crippen LogP contribution in [0.1, 0.15) is 96.8 Å². The van der Waals surface area contributed by atoms with Crippen molar-refractivity contribution in [3.8, 4) is 5.75 Å². The van der Waals surface area contributed by atoms with Gasteiger partial charge in [-0.15, -0.1) is 0 Å². The number of carbonyl (C=O) groups excluding carboxylic acids is 1. The average molecular weight is 411 g/mol. The Bertz CT molecular complexity index is 545. The fourth-order valence-corrected chi connectivity index (χ4v) is 3.32. The summed E-state index contributed by atoms with van der Waals surface area (Å²) in [6, 6.07) is 7.53. The molecule has 1 aromatic rings. The third kappa shape index (κ3) is 15.7. The monoisotopic (exact) mass is 410 g/mol. The normalized spacial score (nSPS) is 10.7. The Morgan fingerprint density at radius 3 is 2.03 bits per heavy atom. The number of methoxy groups -OCH3 is 1. The zero-order valence-electron chi connectivity index (χ0n) is 19.2. The maximum absolute atomic E-state index is 12.0. The summed E-state index contributed by atoms with van der Waals surface area (Å²) >= 11 is 0. The van der Waals surface area contributed by atoms with E-state index in [4.69, 9.17) is 4.74 Å². The predicted molar refractivity (Wildman–Crippen MR) is 127 cm³/mol. The Hall–Kier alpha value is -0.770. The van der Waals surface area contributed by atoms with E-state index in [2.05, 4.69) is 24.4 Å². The summed E-state index contributed by atoms with van der Waals surface area (Å²) in [6.45, 7) is 2.27. The topological polar surface area (TPSA) is 38.3 Å². The minimum Gasteiger partial charge on any atom is -0.495 e. The van der Waals surface area contributed by atoms with Crippen LogP contribution >= 0.6 is 0 Å². The van der Waals surface area contributed by atoms with Gasteiger partial charge in [0.15, 0.2) is 0 Å². The average Bonchev–Trinajstić information content (AvgIpc) is 2.71. The number of rotatable bonds is 17. The number of para-hydroxylation sites is 2. The van der Waals surface area contributed by atoms with Gasteiger partial charge in [-0.1, -0.05) is 82.6 Å². The van der Waals surface area contributed by atoms with Gasteiger partial charge in [0.1, 0.15) is 5.75 Å². The van der Waals surface area contributed by atoms with E-state index in [0.717, 1.165) is 18.5 Å². The number of benzene rings is 1. The van der Waals surface area contributed by atoms with E-state index in [1.807, 2.05) is 24.3 Å². The summed E-state index contributed by atoms with van der Waals surface area (Å²) in [4.78, 5) is 12.0. The summed E-state index contributed by atoms with van der Waals surface area (Å²) in [5.74, 6) is 0.780. The Morgan fingerprint density at radius 1 is 0.862 bits per heavy atom. The molecule has 29 heavy (non-hydrogen) atoms. The summed E-state index contributed by atoms with van der Waals surface area (Å²) < 4.78 is 5.26. The molecule has 0 bridgehead atoms. The second-order valence-corrected chi connectivity index (χ2v) is 7.58. The molecule has 0 fully saturated rings. The molecule has 0 saturated heterocycles. The van der Waals surface area contributed by atoms with E-state index < -0.39 is 0 Å². The molecule has 0 unspecified atom stereocenters. The minimum atomic E-state index is 0. The molecule has 3 nitrogen and oxygen atoms in total. The molecule has 0 aliphatic heterocycles. The number of anilines is 1. The summed E-state index contributed by atoms with van der Waals surface area (Å²) in [7, 11) is 1.62. The molecule has 1 amide bonds. The molecule has 0 aromatic heterocycles. The van der Waals surface area contributed by atoms with Crippen molar-refractivity contribution in [1.82, 2.24) is 0 Å². The van der Waals surface area contributed by atoms with Crippen LogP contribution < -0.4 is 10.1 Å². The van der Waals surface area contributed by atoms with Crippen LogP contribution in [0.15, 0.2) is 36.4 Å². The molecule has 0 heterocycles. The van der Waals surface area contributed by atoms with Crippen molar-refractivity contribution in [3.05, 3.63) is 36.4 Å². The molecule has 0 spiro atoms. The smallest absolute Gasteiger partial charge is 0.224 e. The fraction of sp³-hybridized carbons (Fsp3) is 0.640. The van der Waals surface area contributed by atoms with Crippen LogP contribution in [0, 0.1) is 0 Å². The van der Waals surface area contributed by atoms with Gasteiger partial charge in [0.2, 0.25) is 5.91 Å². The van der Waals surface area contributed by atoms with E-state index in [9.17, 15) is 4.79 Å². The van der Waals surface area contributed by atoms with Gasteiger partial charge in [-0.3, -0.25) is 4.79 Å². The molecular weight excluding hydrogens is 369 g/mol. The van der Waals surface area contributed by atoms with E-state index in [1.54, 1.807) is 7.11 Å². The molecule has 1 N–H and O–H groups in total. The molecular formula is C25H41NNaO2. The standard InChI is InChI=1S/C25H41NO2.Na/c1-3-4-5-6-7-8-9-10-11-12-13-14-15-16-17-22-25(27)26-23-20-18-19-21-24(23)28-2;/h10-11,18-21H,3-9,12-17,22H2,1-2H3,(H,26,27);/b11-10-;. The Kier molecular flexibility index (Phi) is 20.0. The summed E-state index contributed by atoms with van der Waals surface area (Å²) in [5.41, 5.74) is 0.753. The number of carbonyl (C=O) groups is 1. The first-order valence-corrected chi connectivity index (χ1v) is 11.4. The molecule has 4 heteroatoms. The number of hydrogen-bond acceptors (Lipinski definition) is 2. The molecule has 0 aliphatic rings. The van der Waals surface area contributed by atoms with Crippen LogP contribution in [0.4, 0.5) is 5.69 Å². The SMILES string of the molecule is CCCCCCCC/C=C\CCCCCCCC(=O)Nc1ccccc1OC.[Na]. The second kappa shape index (κ2) is 20.5. The Labute approximate surface area is 201 Å². The first-order valence-electron chi connectivity index (χ1n) is 11.4. The Balaban J connectivity index is 0.00000784. The molecule has 0 atom stereocenters. The minimum absolute atomic E-state index is 0. The molecule has 0 saturated carbocycles. The number of hydrogen-bond donors (Lipinski definition) is 1. The number of allylic oxidation sites excluding steroid dienone is 2. The zero-order chi connectivity index (χ0) is 20.3. The van der Waals surface area contributed by atoms with Crippen molar-refractivity contribution >= 4 is 41.2 Å². The van der Waals surface area contributed by atoms with Crippen LogP contribution in [-0.4, -0.2) is 42.6 Å². The van der Waals surface area contributed by atoms with Crippen LogP contribution in [0.3, 0.4) is 0 Å². The van der Waals surface area contributed by atoms with Crippen LogP contribution in [-0.2, 0) is 4.79 Å². The van der Waals surface area contributed by atoms with Crippen molar-refractivity contribution < 1.29 is 9.53 Å². The number of ether oxygens (including phenoxy) is 1. The van der Waals surface area contributed by atoms with Crippen molar-refractivity contribution in [2.24, 2.45) is 0 Å². The van der Waals surface area contributed by atoms with Gasteiger partial charge < -0.3 is 10.1 Å². The summed E-state index contributed by atoms with van der Waals surface area (Å²) in [5, 5.41) is 2.94. The largest absolute Gasteiger partial charge is 0.495 e. The van der Waals surface area contributed by atoms with Gasteiger partial charge in [0, 0.05) is 36.0 Å². The molecule has 1 aromatic carbocycles. The first kappa shape index (κ1) is 28.2. The van der Waals surface area contributed by atoms with Gasteiger partial charge >= 0.3 is 0 Å². The molecule has 159 valence electrons. The van der Waals surface area contributed by atoms with Crippen molar-refractivity contribution in [1.29, 1.82) is 0 Å². The van der Waals surface area contributed by atoms with Gasteiger partial charge in [-0.25, -0.2) is 0 Å². The summed E-state index contributed by atoms with van der Waals surface area (Å²) in [6.07, 6.45) is 21.8. The Morgan fingerprint density at radius 2 is 1.41 bits per heavy atom. The fourth-order valence-electron chi connectivity index (χ4n) is 3.32. The van der Waals surface area contributed by atoms with Crippen molar-refractivity contribution in [2.75, 3.05) is 12.4 Å².